The summed E-state index contributed by atoms with van der Waals surface area (Å²) in [5.41, 5.74) is 0. The fourth-order valence-corrected chi connectivity index (χ4v) is 9.88. The molecule has 0 rings (SSSR count). The van der Waals surface area contributed by atoms with Crippen LogP contribution in [0.15, 0.2) is 122 Å². The number of allylic oxidation sites excluding steroid dienone is 20. The Balaban J connectivity index is 3.54. The van der Waals surface area contributed by atoms with E-state index in [2.05, 4.69) is 135 Å². The SMILES string of the molecule is CC/C=C\C/C=C\C/C=C\C/C=C\C/C=C\C/C=C\C/C=C\C/C=C\C/C=C\C/C=C\CCCCCCCCC(=O)OC(CO)COC(=O)CCCCCCCCCCCCCCCCCCCCCCCCCCCCCCCC. The van der Waals surface area contributed by atoms with Crippen molar-refractivity contribution >= 4 is 11.9 Å². The zero-order valence-electron chi connectivity index (χ0n) is 53.3. The monoisotopic (exact) mass is 1120 g/mol. The molecular formula is C76H130O5. The summed E-state index contributed by atoms with van der Waals surface area (Å²) in [5, 5.41) is 9.70. The molecule has 0 fully saturated rings. The summed E-state index contributed by atoms with van der Waals surface area (Å²) in [5.74, 6) is -0.601. The molecule has 0 heterocycles. The fourth-order valence-electron chi connectivity index (χ4n) is 9.88. The van der Waals surface area contributed by atoms with Crippen molar-refractivity contribution in [3.05, 3.63) is 122 Å². The number of hydrogen-bond donors (Lipinski definition) is 1. The topological polar surface area (TPSA) is 72.8 Å². The van der Waals surface area contributed by atoms with Crippen LogP contribution in [0.3, 0.4) is 0 Å². The quantitative estimate of drug-likeness (QED) is 0.0373. The number of aliphatic hydroxyl groups excluding tert-OH is 1. The molecule has 5 nitrogen and oxygen atoms in total. The molecule has 0 aliphatic heterocycles. The predicted octanol–water partition coefficient (Wildman–Crippen LogP) is 24.2. The van der Waals surface area contributed by atoms with E-state index in [0.29, 0.717) is 12.8 Å². The Hall–Kier alpha value is -3.70. The summed E-state index contributed by atoms with van der Waals surface area (Å²) >= 11 is 0. The van der Waals surface area contributed by atoms with Gasteiger partial charge in [0.15, 0.2) is 6.10 Å². The average Bonchev–Trinajstić information content (AvgIpc) is 3.47. The highest BCUT2D eigenvalue weighted by Gasteiger charge is 2.16. The Morgan fingerprint density at radius 3 is 0.802 bits per heavy atom. The fraction of sp³-hybridized carbons (Fsp3) is 0.711. The van der Waals surface area contributed by atoms with Crippen molar-refractivity contribution in [1.82, 2.24) is 0 Å². The highest BCUT2D eigenvalue weighted by molar-refractivity contribution is 5.70. The molecule has 0 aromatic heterocycles. The van der Waals surface area contributed by atoms with Gasteiger partial charge in [0, 0.05) is 12.8 Å². The Labute approximate surface area is 503 Å². The number of ether oxygens (including phenoxy) is 2. The molecule has 5 heteroatoms. The van der Waals surface area contributed by atoms with Crippen molar-refractivity contribution in [3.63, 3.8) is 0 Å². The average molecular weight is 1120 g/mol. The number of carbonyl (C=O) groups excluding carboxylic acids is 2. The summed E-state index contributed by atoms with van der Waals surface area (Å²) in [6, 6.07) is 0. The van der Waals surface area contributed by atoms with E-state index < -0.39 is 6.10 Å². The first-order valence-corrected chi connectivity index (χ1v) is 34.6. The van der Waals surface area contributed by atoms with Gasteiger partial charge in [0.25, 0.3) is 0 Å². The lowest BCUT2D eigenvalue weighted by Gasteiger charge is -2.15. The maximum Gasteiger partial charge on any atom is 0.306 e. The minimum atomic E-state index is -0.788. The van der Waals surface area contributed by atoms with Gasteiger partial charge < -0.3 is 14.6 Å². The summed E-state index contributed by atoms with van der Waals surface area (Å²) in [6.45, 7) is 4.05. The van der Waals surface area contributed by atoms with Crippen LogP contribution in [-0.2, 0) is 19.1 Å². The molecule has 1 N–H and O–H groups in total. The molecule has 0 amide bonds. The van der Waals surface area contributed by atoms with Gasteiger partial charge in [-0.3, -0.25) is 9.59 Å². The van der Waals surface area contributed by atoms with E-state index in [4.69, 9.17) is 9.47 Å². The zero-order valence-corrected chi connectivity index (χ0v) is 53.3. The van der Waals surface area contributed by atoms with Crippen LogP contribution in [0.25, 0.3) is 0 Å². The summed E-state index contributed by atoms with van der Waals surface area (Å²) in [4.78, 5) is 24.6. The van der Waals surface area contributed by atoms with Crippen LogP contribution in [0.4, 0.5) is 0 Å². The Bertz CT molecular complexity index is 1600. The second kappa shape index (κ2) is 70.6. The lowest BCUT2D eigenvalue weighted by atomic mass is 10.0. The van der Waals surface area contributed by atoms with E-state index in [9.17, 15) is 14.7 Å². The smallest absolute Gasteiger partial charge is 0.306 e. The summed E-state index contributed by atoms with van der Waals surface area (Å²) < 4.78 is 10.7. The van der Waals surface area contributed by atoms with Gasteiger partial charge in [-0.05, 0) is 89.9 Å². The molecule has 1 unspecified atom stereocenters. The molecule has 0 aromatic carbocycles. The van der Waals surface area contributed by atoms with Crippen molar-refractivity contribution in [2.75, 3.05) is 13.2 Å². The standard InChI is InChI=1S/C76H130O5/c1-3-5-7-9-11-13-15-17-19-21-23-25-27-29-31-33-35-36-37-38-39-40-41-43-45-47-49-51-53-55-57-59-61-63-65-67-69-71-76(79)81-74(72-77)73-80-75(78)70-68-66-64-62-60-58-56-54-52-50-48-46-44-42-34-32-30-28-26-24-22-20-18-16-14-12-10-8-6-4-2/h5,7,11,13,17,19,23,25,29,31,35-36,38-39,41,43,47,49,53,55,74,77H,3-4,6,8-10,12,14-16,18,20-22,24,26-28,30,32-34,37,40,42,44-46,48,50-52,54,56-73H2,1-2H3/b7-5-,13-11-,19-17-,25-23-,31-29-,36-35-,39-38-,43-41-,49-47-,55-53-. The zero-order chi connectivity index (χ0) is 58.4. The molecule has 0 spiro atoms. The van der Waals surface area contributed by atoms with Crippen LogP contribution >= 0.6 is 0 Å². The number of esters is 2. The van der Waals surface area contributed by atoms with Gasteiger partial charge in [0.05, 0.1) is 6.61 Å². The van der Waals surface area contributed by atoms with E-state index in [0.717, 1.165) is 109 Å². The second-order valence-corrected chi connectivity index (χ2v) is 22.9. The lowest BCUT2D eigenvalue weighted by molar-refractivity contribution is -0.161. The molecule has 0 bridgehead atoms. The van der Waals surface area contributed by atoms with Gasteiger partial charge in [0.1, 0.15) is 6.61 Å². The molecule has 0 aliphatic rings. The molecule has 0 aliphatic carbocycles. The van der Waals surface area contributed by atoms with E-state index in [1.807, 2.05) is 0 Å². The Kier molecular flexibility index (Phi) is 67.3. The number of unbranched alkanes of at least 4 members (excludes halogenated alkanes) is 35. The third-order valence-corrected chi connectivity index (χ3v) is 15.0. The van der Waals surface area contributed by atoms with Crippen LogP contribution in [0.1, 0.15) is 328 Å². The minimum absolute atomic E-state index is 0.0749. The van der Waals surface area contributed by atoms with Crippen LogP contribution in [0, 0.1) is 0 Å². The second-order valence-electron chi connectivity index (χ2n) is 22.9. The van der Waals surface area contributed by atoms with E-state index >= 15 is 0 Å². The number of carbonyl (C=O) groups is 2. The first-order chi connectivity index (χ1) is 40.1. The van der Waals surface area contributed by atoms with Gasteiger partial charge in [0.2, 0.25) is 0 Å². The molecule has 0 saturated heterocycles. The van der Waals surface area contributed by atoms with Crippen molar-refractivity contribution in [1.29, 1.82) is 0 Å². The van der Waals surface area contributed by atoms with E-state index in [1.165, 1.54) is 193 Å². The van der Waals surface area contributed by atoms with Crippen LogP contribution in [0.2, 0.25) is 0 Å². The molecular weight excluding hydrogens is 993 g/mol. The highest BCUT2D eigenvalue weighted by Crippen LogP contribution is 2.18. The molecule has 0 radical (unpaired) electrons. The third-order valence-electron chi connectivity index (χ3n) is 15.0. The van der Waals surface area contributed by atoms with Gasteiger partial charge >= 0.3 is 11.9 Å². The van der Waals surface area contributed by atoms with Crippen LogP contribution in [-0.4, -0.2) is 36.4 Å². The van der Waals surface area contributed by atoms with Gasteiger partial charge in [-0.2, -0.15) is 0 Å². The first-order valence-electron chi connectivity index (χ1n) is 34.6. The third kappa shape index (κ3) is 68.7. The van der Waals surface area contributed by atoms with Gasteiger partial charge in [-0.1, -0.05) is 347 Å². The normalized spacial score (nSPS) is 13.0. The molecule has 0 aromatic rings. The number of hydrogen-bond acceptors (Lipinski definition) is 5. The number of aliphatic hydroxyl groups is 1. The van der Waals surface area contributed by atoms with Crippen molar-refractivity contribution in [3.8, 4) is 0 Å². The maximum atomic E-state index is 12.4. The minimum Gasteiger partial charge on any atom is -0.462 e. The lowest BCUT2D eigenvalue weighted by Crippen LogP contribution is -2.28. The summed E-state index contributed by atoms with van der Waals surface area (Å²) in [6.07, 6.45) is 104. The molecule has 0 saturated carbocycles. The molecule has 1 atom stereocenters. The van der Waals surface area contributed by atoms with Crippen molar-refractivity contribution < 1.29 is 24.2 Å². The largest absolute Gasteiger partial charge is 0.462 e. The summed E-state index contributed by atoms with van der Waals surface area (Å²) in [7, 11) is 0. The van der Waals surface area contributed by atoms with Gasteiger partial charge in [-0.25, -0.2) is 0 Å². The molecule has 81 heavy (non-hydrogen) atoms. The van der Waals surface area contributed by atoms with E-state index in [1.54, 1.807) is 0 Å². The van der Waals surface area contributed by atoms with Gasteiger partial charge in [-0.15, -0.1) is 0 Å². The first kappa shape index (κ1) is 77.3. The van der Waals surface area contributed by atoms with Crippen molar-refractivity contribution in [2.45, 2.75) is 335 Å². The van der Waals surface area contributed by atoms with Crippen LogP contribution in [0.5, 0.6) is 0 Å². The highest BCUT2D eigenvalue weighted by atomic mass is 16.6. The molecule has 464 valence electrons. The maximum absolute atomic E-state index is 12.4. The van der Waals surface area contributed by atoms with Crippen LogP contribution < -0.4 is 0 Å². The Morgan fingerprint density at radius 2 is 0.531 bits per heavy atom. The van der Waals surface area contributed by atoms with E-state index in [-0.39, 0.29) is 25.2 Å². The predicted molar refractivity (Wildman–Crippen MR) is 357 cm³/mol. The number of rotatable bonds is 63. The van der Waals surface area contributed by atoms with Crippen molar-refractivity contribution in [2.24, 2.45) is 0 Å². The Morgan fingerprint density at radius 1 is 0.296 bits per heavy atom.